The molecule has 0 radical (unpaired) electrons. The topological polar surface area (TPSA) is 55.8 Å². The quantitative estimate of drug-likeness (QED) is 0.626. The van der Waals surface area contributed by atoms with Crippen molar-refractivity contribution in [2.45, 2.75) is 46.5 Å². The van der Waals surface area contributed by atoms with Gasteiger partial charge in [0, 0.05) is 0 Å². The molecule has 0 aromatic rings. The van der Waals surface area contributed by atoms with Crippen LogP contribution >= 0.6 is 7.82 Å². The first-order valence-electron chi connectivity index (χ1n) is 5.67. The summed E-state index contributed by atoms with van der Waals surface area (Å²) in [5.41, 5.74) is 0. The Hall–Kier alpha value is 0.110. The number of hydrogen-bond acceptors (Lipinski definition) is 3. The van der Waals surface area contributed by atoms with Gasteiger partial charge in [0.25, 0.3) is 0 Å². The average Bonchev–Trinajstić information content (AvgIpc) is 2.18. The van der Waals surface area contributed by atoms with Crippen LogP contribution in [0.3, 0.4) is 0 Å². The van der Waals surface area contributed by atoms with E-state index in [-0.39, 0.29) is 6.61 Å². The molecule has 0 aliphatic heterocycles. The van der Waals surface area contributed by atoms with Gasteiger partial charge in [0.2, 0.25) is 0 Å². The van der Waals surface area contributed by atoms with E-state index < -0.39 is 7.82 Å². The predicted molar refractivity (Wildman–Crippen MR) is 60.7 cm³/mol. The molecule has 0 bridgehead atoms. The maximum Gasteiger partial charge on any atom is 0.472 e. The van der Waals surface area contributed by atoms with Crippen molar-refractivity contribution in [3.05, 3.63) is 0 Å². The first kappa shape index (κ1) is 15.1. The Labute approximate surface area is 92.6 Å². The number of unbranched alkanes of at least 4 members (excludes halogenated alkanes) is 1. The number of phosphoric ester groups is 1. The fraction of sp³-hybridized carbons (Fsp3) is 1.00. The first-order valence-corrected chi connectivity index (χ1v) is 7.17. The lowest BCUT2D eigenvalue weighted by atomic mass is 10.0. The van der Waals surface area contributed by atoms with Gasteiger partial charge in [-0.15, -0.1) is 0 Å². The Balaban J connectivity index is 3.83. The second-order valence-electron chi connectivity index (χ2n) is 3.60. The molecule has 1 N–H and O–H groups in total. The number of phosphoric acid groups is 1. The molecule has 0 aliphatic carbocycles. The minimum atomic E-state index is -3.79. The third-order valence-electron chi connectivity index (χ3n) is 2.31. The normalized spacial score (nSPS) is 17.3. The van der Waals surface area contributed by atoms with Crippen molar-refractivity contribution in [3.63, 3.8) is 0 Å². The smallest absolute Gasteiger partial charge is 0.302 e. The maximum absolute atomic E-state index is 11.2. The summed E-state index contributed by atoms with van der Waals surface area (Å²) in [6.07, 6.45) is 4.27. The molecule has 0 saturated carbocycles. The van der Waals surface area contributed by atoms with Crippen molar-refractivity contribution in [3.8, 4) is 0 Å². The van der Waals surface area contributed by atoms with Gasteiger partial charge in [-0.1, -0.05) is 33.1 Å². The van der Waals surface area contributed by atoms with Gasteiger partial charge in [-0.05, 0) is 19.3 Å². The van der Waals surface area contributed by atoms with Crippen LogP contribution in [-0.2, 0) is 13.6 Å². The van der Waals surface area contributed by atoms with Crippen LogP contribution in [0, 0.1) is 5.92 Å². The molecule has 0 fully saturated rings. The maximum atomic E-state index is 11.2. The molecule has 15 heavy (non-hydrogen) atoms. The highest BCUT2D eigenvalue weighted by molar-refractivity contribution is 7.47. The summed E-state index contributed by atoms with van der Waals surface area (Å²) in [5.74, 6) is 0.353. The van der Waals surface area contributed by atoms with Crippen molar-refractivity contribution in [2.75, 3.05) is 13.2 Å². The summed E-state index contributed by atoms with van der Waals surface area (Å²) in [4.78, 5) is 9.20. The molecule has 2 atom stereocenters. The van der Waals surface area contributed by atoms with Crippen molar-refractivity contribution in [1.29, 1.82) is 0 Å². The van der Waals surface area contributed by atoms with Gasteiger partial charge in [0.05, 0.1) is 13.2 Å². The van der Waals surface area contributed by atoms with Crippen LogP contribution in [0.1, 0.15) is 46.5 Å². The Kier molecular flexibility index (Phi) is 8.34. The van der Waals surface area contributed by atoms with Crippen LogP contribution < -0.4 is 0 Å². The lowest BCUT2D eigenvalue weighted by molar-refractivity contribution is 0.131. The molecule has 0 heterocycles. The van der Waals surface area contributed by atoms with E-state index in [9.17, 15) is 9.46 Å². The highest BCUT2D eigenvalue weighted by atomic mass is 31.2. The minimum absolute atomic E-state index is 0.194. The molecule has 2 unspecified atom stereocenters. The monoisotopic (exact) mass is 238 g/mol. The Morgan fingerprint density at radius 3 is 2.40 bits per heavy atom. The summed E-state index contributed by atoms with van der Waals surface area (Å²) in [7, 11) is -3.79. The second kappa shape index (κ2) is 8.28. The molecular formula is C10H23O4P. The van der Waals surface area contributed by atoms with Gasteiger partial charge in [-0.3, -0.25) is 9.05 Å². The van der Waals surface area contributed by atoms with Crippen LogP contribution in [0.2, 0.25) is 0 Å². The molecule has 92 valence electrons. The van der Waals surface area contributed by atoms with E-state index in [1.165, 1.54) is 0 Å². The number of hydrogen-bond donors (Lipinski definition) is 1. The molecule has 5 heteroatoms. The van der Waals surface area contributed by atoms with E-state index >= 15 is 0 Å². The standard InChI is InChI=1S/C10H23O4P/c1-4-7-8-10(5-2)9-14-15(11,12)13-6-3/h10H,4-9H2,1-3H3,(H,11,12). The molecule has 0 aromatic carbocycles. The van der Waals surface area contributed by atoms with Crippen LogP contribution in [0.25, 0.3) is 0 Å². The SMILES string of the molecule is CCCCC(CC)COP(=O)(O)OCC. The van der Waals surface area contributed by atoms with Crippen LogP contribution in [0.5, 0.6) is 0 Å². The molecule has 0 aromatic heterocycles. The molecule has 0 aliphatic rings. The fourth-order valence-corrected chi connectivity index (χ4v) is 2.10. The van der Waals surface area contributed by atoms with Crippen molar-refractivity contribution in [2.24, 2.45) is 5.92 Å². The summed E-state index contributed by atoms with van der Waals surface area (Å²) in [6, 6.07) is 0. The van der Waals surface area contributed by atoms with Crippen LogP contribution in [0.4, 0.5) is 0 Å². The Bertz CT molecular complexity index is 196. The lowest BCUT2D eigenvalue weighted by Crippen LogP contribution is -2.08. The Morgan fingerprint density at radius 1 is 1.27 bits per heavy atom. The largest absolute Gasteiger partial charge is 0.472 e. The molecule has 0 saturated heterocycles. The van der Waals surface area contributed by atoms with E-state index in [4.69, 9.17) is 4.52 Å². The minimum Gasteiger partial charge on any atom is -0.302 e. The van der Waals surface area contributed by atoms with E-state index in [1.807, 2.05) is 0 Å². The first-order chi connectivity index (χ1) is 7.05. The number of rotatable bonds is 9. The van der Waals surface area contributed by atoms with Gasteiger partial charge < -0.3 is 4.89 Å². The highest BCUT2D eigenvalue weighted by Crippen LogP contribution is 2.43. The third kappa shape index (κ3) is 7.97. The van der Waals surface area contributed by atoms with Crippen LogP contribution in [-0.4, -0.2) is 18.1 Å². The molecule has 0 amide bonds. The van der Waals surface area contributed by atoms with Gasteiger partial charge in [0.1, 0.15) is 0 Å². The van der Waals surface area contributed by atoms with Crippen molar-refractivity contribution in [1.82, 2.24) is 0 Å². The van der Waals surface area contributed by atoms with Crippen molar-refractivity contribution < 1.29 is 18.5 Å². The molecule has 0 rings (SSSR count). The van der Waals surface area contributed by atoms with E-state index in [1.54, 1.807) is 6.92 Å². The summed E-state index contributed by atoms with van der Waals surface area (Å²) in [5, 5.41) is 0. The van der Waals surface area contributed by atoms with Gasteiger partial charge >= 0.3 is 7.82 Å². The zero-order valence-corrected chi connectivity index (χ0v) is 10.8. The zero-order chi connectivity index (χ0) is 11.7. The average molecular weight is 238 g/mol. The van der Waals surface area contributed by atoms with Crippen LogP contribution in [0.15, 0.2) is 0 Å². The molecule has 0 spiro atoms. The van der Waals surface area contributed by atoms with E-state index in [0.717, 1.165) is 25.7 Å². The summed E-state index contributed by atoms with van der Waals surface area (Å²) < 4.78 is 20.7. The van der Waals surface area contributed by atoms with E-state index in [2.05, 4.69) is 18.4 Å². The third-order valence-corrected chi connectivity index (χ3v) is 3.37. The second-order valence-corrected chi connectivity index (χ2v) is 5.05. The molecule has 4 nitrogen and oxygen atoms in total. The summed E-state index contributed by atoms with van der Waals surface area (Å²) >= 11 is 0. The highest BCUT2D eigenvalue weighted by Gasteiger charge is 2.21. The predicted octanol–water partition coefficient (Wildman–Crippen LogP) is 3.36. The Morgan fingerprint density at radius 2 is 1.93 bits per heavy atom. The zero-order valence-electron chi connectivity index (χ0n) is 9.94. The van der Waals surface area contributed by atoms with Gasteiger partial charge in [-0.25, -0.2) is 4.57 Å². The fourth-order valence-electron chi connectivity index (χ4n) is 1.30. The van der Waals surface area contributed by atoms with Crippen molar-refractivity contribution >= 4 is 7.82 Å². The summed E-state index contributed by atoms with van der Waals surface area (Å²) in [6.45, 7) is 6.36. The molecular weight excluding hydrogens is 215 g/mol. The van der Waals surface area contributed by atoms with Gasteiger partial charge in [0.15, 0.2) is 0 Å². The van der Waals surface area contributed by atoms with Gasteiger partial charge in [-0.2, -0.15) is 0 Å². The van der Waals surface area contributed by atoms with E-state index in [0.29, 0.717) is 12.5 Å². The lowest BCUT2D eigenvalue weighted by Gasteiger charge is -2.16.